The fourth-order valence-electron chi connectivity index (χ4n) is 7.50. The number of rotatable bonds is 4. The zero-order valence-corrected chi connectivity index (χ0v) is 19.1. The largest absolute Gasteiger partial charge is 0.349 e. The van der Waals surface area contributed by atoms with Crippen LogP contribution in [0.5, 0.6) is 0 Å². The van der Waals surface area contributed by atoms with Gasteiger partial charge in [-0.1, -0.05) is 42.5 Å². The molecule has 1 aromatic heterocycles. The zero-order valence-electron chi connectivity index (χ0n) is 19.1. The molecule has 32 heavy (non-hydrogen) atoms. The van der Waals surface area contributed by atoms with Gasteiger partial charge in [-0.2, -0.15) is 0 Å². The van der Waals surface area contributed by atoms with Crippen LogP contribution < -0.4 is 5.32 Å². The maximum Gasteiger partial charge on any atom is 0.252 e. The third kappa shape index (κ3) is 3.25. The number of para-hydroxylation sites is 1. The molecule has 1 amide bonds. The van der Waals surface area contributed by atoms with Crippen LogP contribution >= 0.6 is 0 Å². The van der Waals surface area contributed by atoms with Crippen molar-refractivity contribution >= 4 is 16.8 Å². The lowest BCUT2D eigenvalue weighted by Crippen LogP contribution is -2.55. The molecule has 2 aromatic carbocycles. The summed E-state index contributed by atoms with van der Waals surface area (Å²) in [6, 6.07) is 18.5. The minimum Gasteiger partial charge on any atom is -0.349 e. The van der Waals surface area contributed by atoms with Crippen LogP contribution in [0, 0.1) is 30.1 Å². The van der Waals surface area contributed by atoms with Crippen molar-refractivity contribution in [2.75, 3.05) is 0 Å². The first-order valence-corrected chi connectivity index (χ1v) is 12.3. The van der Waals surface area contributed by atoms with E-state index >= 15 is 0 Å². The summed E-state index contributed by atoms with van der Waals surface area (Å²) >= 11 is 0. The van der Waals surface area contributed by atoms with Crippen molar-refractivity contribution in [1.82, 2.24) is 10.3 Å². The summed E-state index contributed by atoms with van der Waals surface area (Å²) in [5.41, 5.74) is 5.04. The maximum atomic E-state index is 13.7. The number of amides is 1. The molecule has 4 bridgehead atoms. The number of carbonyl (C=O) groups excluding carboxylic acids is 1. The SMILES string of the molecule is Cc1ccccc1-c1cc(C(=O)NC(C)C23CC4CC(CC(C4)C2)C3)c2ccccc2n1. The molecule has 4 fully saturated rings. The summed E-state index contributed by atoms with van der Waals surface area (Å²) in [5.74, 6) is 2.70. The van der Waals surface area contributed by atoms with E-state index in [1.54, 1.807) is 0 Å². The van der Waals surface area contributed by atoms with Crippen LogP contribution in [0.15, 0.2) is 54.6 Å². The number of benzene rings is 2. The van der Waals surface area contributed by atoms with Crippen LogP contribution in [-0.2, 0) is 0 Å². The van der Waals surface area contributed by atoms with Gasteiger partial charge in [-0.05, 0) is 93.2 Å². The molecule has 4 aliphatic rings. The molecule has 0 saturated heterocycles. The van der Waals surface area contributed by atoms with E-state index in [0.29, 0.717) is 5.41 Å². The number of hydrogen-bond donors (Lipinski definition) is 1. The first kappa shape index (κ1) is 20.0. The van der Waals surface area contributed by atoms with Gasteiger partial charge in [0.25, 0.3) is 5.91 Å². The van der Waals surface area contributed by atoms with E-state index in [4.69, 9.17) is 4.98 Å². The van der Waals surface area contributed by atoms with E-state index in [1.165, 1.54) is 44.1 Å². The van der Waals surface area contributed by atoms with Gasteiger partial charge in [-0.3, -0.25) is 4.79 Å². The Morgan fingerprint density at radius 1 is 0.969 bits per heavy atom. The molecular weight excluding hydrogens is 392 g/mol. The highest BCUT2D eigenvalue weighted by Gasteiger charge is 2.53. The predicted octanol–water partition coefficient (Wildman–Crippen LogP) is 6.54. The quantitative estimate of drug-likeness (QED) is 0.516. The van der Waals surface area contributed by atoms with E-state index in [-0.39, 0.29) is 11.9 Å². The van der Waals surface area contributed by atoms with Gasteiger partial charge in [0, 0.05) is 17.0 Å². The van der Waals surface area contributed by atoms with E-state index in [9.17, 15) is 4.79 Å². The second-order valence-electron chi connectivity index (χ2n) is 10.9. The van der Waals surface area contributed by atoms with Crippen molar-refractivity contribution in [2.24, 2.45) is 23.2 Å². The zero-order chi connectivity index (χ0) is 21.9. The molecule has 1 atom stereocenters. The standard InChI is InChI=1S/C29H32N2O/c1-18-7-3-4-8-23(18)27-14-25(24-9-5-6-10-26(24)31-27)28(32)30-19(2)29-15-20-11-21(16-29)13-22(12-20)17-29/h3-10,14,19-22H,11-13,15-17H2,1-2H3,(H,30,32). The smallest absolute Gasteiger partial charge is 0.252 e. The first-order chi connectivity index (χ1) is 15.5. The summed E-state index contributed by atoms with van der Waals surface area (Å²) < 4.78 is 0. The van der Waals surface area contributed by atoms with E-state index in [0.717, 1.165) is 45.5 Å². The third-order valence-electron chi connectivity index (χ3n) is 8.73. The van der Waals surface area contributed by atoms with Gasteiger partial charge in [0.15, 0.2) is 0 Å². The number of hydrogen-bond acceptors (Lipinski definition) is 2. The molecule has 1 heterocycles. The van der Waals surface area contributed by atoms with Gasteiger partial charge in [-0.25, -0.2) is 4.98 Å². The summed E-state index contributed by atoms with van der Waals surface area (Å²) in [4.78, 5) is 18.6. The molecule has 7 rings (SSSR count). The normalized spacial score (nSPS) is 29.2. The molecule has 3 heteroatoms. The van der Waals surface area contributed by atoms with Gasteiger partial charge in [0.1, 0.15) is 0 Å². The lowest BCUT2D eigenvalue weighted by Gasteiger charge is -2.59. The molecule has 1 N–H and O–H groups in total. The number of aromatic nitrogens is 1. The highest BCUT2D eigenvalue weighted by molar-refractivity contribution is 6.07. The topological polar surface area (TPSA) is 42.0 Å². The van der Waals surface area contributed by atoms with Crippen LogP contribution in [0.4, 0.5) is 0 Å². The number of carbonyl (C=O) groups is 1. The van der Waals surface area contributed by atoms with Crippen LogP contribution in [0.25, 0.3) is 22.2 Å². The summed E-state index contributed by atoms with van der Waals surface area (Å²) in [7, 11) is 0. The Kier molecular flexibility index (Phi) is 4.64. The molecule has 164 valence electrons. The molecule has 3 nitrogen and oxygen atoms in total. The molecular formula is C29H32N2O. The van der Waals surface area contributed by atoms with Crippen molar-refractivity contribution in [3.8, 4) is 11.3 Å². The minimum atomic E-state index is 0.0432. The number of pyridine rings is 1. The molecule has 3 aromatic rings. The monoisotopic (exact) mass is 424 g/mol. The van der Waals surface area contributed by atoms with Crippen molar-refractivity contribution in [2.45, 2.75) is 58.4 Å². The fraction of sp³-hybridized carbons (Fsp3) is 0.448. The van der Waals surface area contributed by atoms with E-state index in [2.05, 4.69) is 31.3 Å². The number of aryl methyl sites for hydroxylation is 1. The number of nitrogens with one attached hydrogen (secondary N) is 1. The molecule has 4 aliphatic carbocycles. The van der Waals surface area contributed by atoms with Crippen LogP contribution in [0.2, 0.25) is 0 Å². The average molecular weight is 425 g/mol. The first-order valence-electron chi connectivity index (χ1n) is 12.3. The summed E-state index contributed by atoms with van der Waals surface area (Å²) in [5, 5.41) is 4.40. The van der Waals surface area contributed by atoms with Crippen molar-refractivity contribution in [1.29, 1.82) is 0 Å². The highest BCUT2D eigenvalue weighted by atomic mass is 16.1. The van der Waals surface area contributed by atoms with Gasteiger partial charge < -0.3 is 5.32 Å². The lowest BCUT2D eigenvalue weighted by atomic mass is 9.48. The second-order valence-corrected chi connectivity index (χ2v) is 10.9. The van der Waals surface area contributed by atoms with Gasteiger partial charge >= 0.3 is 0 Å². The predicted molar refractivity (Wildman–Crippen MR) is 129 cm³/mol. The Labute approximate surface area is 190 Å². The lowest BCUT2D eigenvalue weighted by molar-refractivity contribution is -0.0687. The Morgan fingerprint density at radius 3 is 2.28 bits per heavy atom. The Morgan fingerprint density at radius 2 is 1.59 bits per heavy atom. The number of fused-ring (bicyclic) bond motifs is 1. The average Bonchev–Trinajstić information content (AvgIpc) is 2.77. The molecule has 0 aliphatic heterocycles. The molecule has 1 unspecified atom stereocenters. The fourth-order valence-corrected chi connectivity index (χ4v) is 7.50. The molecule has 4 saturated carbocycles. The second kappa shape index (κ2) is 7.43. The van der Waals surface area contributed by atoms with Crippen molar-refractivity contribution in [3.05, 3.63) is 65.7 Å². The van der Waals surface area contributed by atoms with Crippen LogP contribution in [0.1, 0.15) is 61.4 Å². The van der Waals surface area contributed by atoms with Gasteiger partial charge in [-0.15, -0.1) is 0 Å². The Balaban J connectivity index is 1.35. The van der Waals surface area contributed by atoms with Crippen molar-refractivity contribution in [3.63, 3.8) is 0 Å². The Bertz CT molecular complexity index is 1160. The molecule has 0 spiro atoms. The van der Waals surface area contributed by atoms with Crippen LogP contribution in [-0.4, -0.2) is 16.9 Å². The van der Waals surface area contributed by atoms with Gasteiger partial charge in [0.2, 0.25) is 0 Å². The van der Waals surface area contributed by atoms with Gasteiger partial charge in [0.05, 0.1) is 16.8 Å². The minimum absolute atomic E-state index is 0.0432. The summed E-state index contributed by atoms with van der Waals surface area (Å²) in [6.45, 7) is 4.36. The highest BCUT2D eigenvalue weighted by Crippen LogP contribution is 2.61. The maximum absolute atomic E-state index is 13.7. The summed E-state index contributed by atoms with van der Waals surface area (Å²) in [6.07, 6.45) is 8.17. The van der Waals surface area contributed by atoms with Crippen LogP contribution in [0.3, 0.4) is 0 Å². The van der Waals surface area contributed by atoms with Crippen molar-refractivity contribution < 1.29 is 4.79 Å². The van der Waals surface area contributed by atoms with E-state index in [1.807, 2.05) is 42.5 Å². The van der Waals surface area contributed by atoms with E-state index < -0.39 is 0 Å². The molecule has 0 radical (unpaired) electrons. The Hall–Kier alpha value is -2.68. The number of nitrogens with zero attached hydrogens (tertiary/aromatic N) is 1. The third-order valence-corrected chi connectivity index (χ3v) is 8.73.